The highest BCUT2D eigenvalue weighted by molar-refractivity contribution is 7.13. The van der Waals surface area contributed by atoms with Crippen molar-refractivity contribution in [3.63, 3.8) is 0 Å². The molecule has 186 valence electrons. The largest absolute Gasteiger partial charge is 0.383 e. The van der Waals surface area contributed by atoms with E-state index in [4.69, 9.17) is 17.3 Å². The predicted octanol–water partition coefficient (Wildman–Crippen LogP) is 3.95. The first kappa shape index (κ1) is 26.6. The summed E-state index contributed by atoms with van der Waals surface area (Å²) in [5.74, 6) is -0.314. The molecule has 3 aromatic rings. The number of nitrogens with zero attached hydrogens (tertiary/aromatic N) is 6. The van der Waals surface area contributed by atoms with Crippen LogP contribution in [0.25, 0.3) is 0 Å². The summed E-state index contributed by atoms with van der Waals surface area (Å²) in [6.45, 7) is 8.26. The molecule has 1 unspecified atom stereocenters. The quantitative estimate of drug-likeness (QED) is 0.426. The number of nitrogens with one attached hydrogen (secondary N) is 1. The smallest absolute Gasteiger partial charge is 0.269 e. The van der Waals surface area contributed by atoms with Crippen molar-refractivity contribution in [1.82, 2.24) is 29.8 Å². The van der Waals surface area contributed by atoms with Crippen molar-refractivity contribution < 1.29 is 9.59 Å². The first-order valence-corrected chi connectivity index (χ1v) is 12.1. The van der Waals surface area contributed by atoms with Gasteiger partial charge in [0.1, 0.15) is 22.7 Å². The Bertz CT molecular complexity index is 1240. The van der Waals surface area contributed by atoms with Crippen LogP contribution < -0.4 is 11.1 Å². The number of carbonyl (C=O) groups excluding carboxylic acids is 2. The summed E-state index contributed by atoms with van der Waals surface area (Å²) in [6, 6.07) is 0. The average Bonchev–Trinajstić information content (AvgIpc) is 3.26. The third-order valence-corrected chi connectivity index (χ3v) is 6.56. The van der Waals surface area contributed by atoms with Crippen LogP contribution in [0.4, 0.5) is 11.8 Å². The molecule has 0 aliphatic carbocycles. The molecule has 3 aromatic heterocycles. The van der Waals surface area contributed by atoms with E-state index < -0.39 is 0 Å². The molecule has 3 rings (SSSR count). The van der Waals surface area contributed by atoms with E-state index in [1.54, 1.807) is 0 Å². The van der Waals surface area contributed by atoms with E-state index in [9.17, 15) is 9.59 Å². The highest BCUT2D eigenvalue weighted by Crippen LogP contribution is 2.29. The molecule has 0 aromatic carbocycles. The highest BCUT2D eigenvalue weighted by atomic mass is 35.5. The van der Waals surface area contributed by atoms with Gasteiger partial charge in [0, 0.05) is 29.9 Å². The Hall–Kier alpha value is -3.02. The van der Waals surface area contributed by atoms with Crippen LogP contribution in [0, 0.1) is 0 Å². The van der Waals surface area contributed by atoms with Gasteiger partial charge in [-0.05, 0) is 14.1 Å². The number of nitrogen functional groups attached to an aromatic ring is 1. The van der Waals surface area contributed by atoms with E-state index in [1.807, 2.05) is 46.7 Å². The van der Waals surface area contributed by atoms with Crippen LogP contribution in [0.1, 0.15) is 76.5 Å². The standard InChI is InChI=1S/C23H29ClN8O2S/c1-12(7-15(33)17-13(10-32(5)6)19(25)29-11-28-17)21-26-9-16(35-21)20(34)31-22-27-8-14(24)18(30-22)23(2,3)4/h8-9,11-12H,7,10H2,1-6H3,(H2,25,28,29)(H,27,30,31,34). The highest BCUT2D eigenvalue weighted by Gasteiger charge is 2.24. The number of thiazole rings is 1. The summed E-state index contributed by atoms with van der Waals surface area (Å²) in [5, 5.41) is 3.79. The third kappa shape index (κ3) is 6.56. The van der Waals surface area contributed by atoms with E-state index >= 15 is 0 Å². The number of amides is 1. The second-order valence-electron chi connectivity index (χ2n) is 9.51. The van der Waals surface area contributed by atoms with Gasteiger partial charge in [-0.3, -0.25) is 14.9 Å². The van der Waals surface area contributed by atoms with Gasteiger partial charge in [-0.2, -0.15) is 0 Å². The minimum Gasteiger partial charge on any atom is -0.383 e. The molecular weight excluding hydrogens is 488 g/mol. The Kier molecular flexibility index (Phi) is 8.14. The van der Waals surface area contributed by atoms with Gasteiger partial charge in [-0.25, -0.2) is 24.9 Å². The minimum atomic E-state index is -0.383. The van der Waals surface area contributed by atoms with E-state index in [0.29, 0.717) is 38.4 Å². The molecule has 10 nitrogen and oxygen atoms in total. The first-order chi connectivity index (χ1) is 16.4. The van der Waals surface area contributed by atoms with Crippen LogP contribution >= 0.6 is 22.9 Å². The molecule has 1 amide bonds. The van der Waals surface area contributed by atoms with E-state index in [-0.39, 0.29) is 41.2 Å². The maximum absolute atomic E-state index is 13.0. The van der Waals surface area contributed by atoms with Crippen LogP contribution in [0.5, 0.6) is 0 Å². The van der Waals surface area contributed by atoms with Crippen molar-refractivity contribution >= 4 is 46.4 Å². The number of anilines is 2. The number of hydrogen-bond donors (Lipinski definition) is 2. The van der Waals surface area contributed by atoms with Crippen molar-refractivity contribution in [1.29, 1.82) is 0 Å². The monoisotopic (exact) mass is 516 g/mol. The van der Waals surface area contributed by atoms with Gasteiger partial charge in [-0.15, -0.1) is 11.3 Å². The zero-order chi connectivity index (χ0) is 25.9. The van der Waals surface area contributed by atoms with Crippen LogP contribution in [0.2, 0.25) is 5.02 Å². The molecule has 0 radical (unpaired) electrons. The van der Waals surface area contributed by atoms with Crippen molar-refractivity contribution in [3.05, 3.63) is 50.6 Å². The molecule has 0 aliphatic heterocycles. The Morgan fingerprint density at radius 2 is 1.89 bits per heavy atom. The topological polar surface area (TPSA) is 140 Å². The fraction of sp³-hybridized carbons (Fsp3) is 0.435. The number of Topliss-reactive ketones (excluding diaryl/α,β-unsaturated/α-hetero) is 1. The third-order valence-electron chi connectivity index (χ3n) is 5.06. The zero-order valence-corrected chi connectivity index (χ0v) is 22.2. The van der Waals surface area contributed by atoms with Crippen LogP contribution in [-0.2, 0) is 12.0 Å². The van der Waals surface area contributed by atoms with Gasteiger partial charge in [-0.1, -0.05) is 39.3 Å². The molecule has 0 saturated heterocycles. The number of carbonyl (C=O) groups is 2. The molecule has 3 N–H and O–H groups in total. The number of nitrogens with two attached hydrogens (primary N) is 1. The molecule has 0 fully saturated rings. The molecular formula is C23H29ClN8O2S. The van der Waals surface area contributed by atoms with E-state index in [0.717, 1.165) is 0 Å². The summed E-state index contributed by atoms with van der Waals surface area (Å²) >= 11 is 7.42. The maximum atomic E-state index is 13.0. The number of aromatic nitrogens is 5. The lowest BCUT2D eigenvalue weighted by atomic mass is 9.92. The first-order valence-electron chi connectivity index (χ1n) is 10.9. The van der Waals surface area contributed by atoms with Crippen molar-refractivity contribution in [2.45, 2.75) is 52.0 Å². The summed E-state index contributed by atoms with van der Waals surface area (Å²) in [4.78, 5) is 49.1. The summed E-state index contributed by atoms with van der Waals surface area (Å²) < 4.78 is 0. The molecule has 0 bridgehead atoms. The average molecular weight is 517 g/mol. The number of rotatable bonds is 8. The summed E-state index contributed by atoms with van der Waals surface area (Å²) in [7, 11) is 3.76. The van der Waals surface area contributed by atoms with Crippen molar-refractivity contribution in [2.24, 2.45) is 0 Å². The minimum absolute atomic E-state index is 0.158. The molecule has 12 heteroatoms. The lowest BCUT2D eigenvalue weighted by Crippen LogP contribution is -2.19. The normalized spacial score (nSPS) is 12.6. The van der Waals surface area contributed by atoms with Gasteiger partial charge >= 0.3 is 0 Å². The van der Waals surface area contributed by atoms with E-state index in [2.05, 4.69) is 30.2 Å². The molecule has 0 spiro atoms. The lowest BCUT2D eigenvalue weighted by molar-refractivity contribution is 0.0967. The second-order valence-corrected chi connectivity index (χ2v) is 11.0. The van der Waals surface area contributed by atoms with Gasteiger partial charge in [0.25, 0.3) is 5.91 Å². The summed E-state index contributed by atoms with van der Waals surface area (Å²) in [6.07, 6.45) is 4.42. The van der Waals surface area contributed by atoms with Crippen LogP contribution in [0.15, 0.2) is 18.7 Å². The molecule has 0 saturated carbocycles. The van der Waals surface area contributed by atoms with E-state index in [1.165, 1.54) is 30.1 Å². The number of hydrogen-bond acceptors (Lipinski definition) is 10. The lowest BCUT2D eigenvalue weighted by Gasteiger charge is -2.19. The van der Waals surface area contributed by atoms with Crippen molar-refractivity contribution in [2.75, 3.05) is 25.1 Å². The Labute approximate surface area is 213 Å². The van der Waals surface area contributed by atoms with Gasteiger partial charge < -0.3 is 10.6 Å². The Morgan fingerprint density at radius 3 is 2.54 bits per heavy atom. The van der Waals surface area contributed by atoms with Crippen molar-refractivity contribution in [3.8, 4) is 0 Å². The molecule has 1 atom stereocenters. The van der Waals surface area contributed by atoms with Crippen LogP contribution in [0.3, 0.4) is 0 Å². The fourth-order valence-electron chi connectivity index (χ4n) is 3.34. The van der Waals surface area contributed by atoms with Crippen LogP contribution in [-0.4, -0.2) is 55.6 Å². The van der Waals surface area contributed by atoms with Gasteiger partial charge in [0.05, 0.1) is 28.1 Å². The number of ketones is 1. The maximum Gasteiger partial charge on any atom is 0.269 e. The van der Waals surface area contributed by atoms with Gasteiger partial charge in [0.2, 0.25) is 5.95 Å². The van der Waals surface area contributed by atoms with Gasteiger partial charge in [0.15, 0.2) is 5.78 Å². The SMILES string of the molecule is CC(CC(=O)c1ncnc(N)c1CN(C)C)c1ncc(C(=O)Nc2ncc(Cl)c(C(C)(C)C)n2)s1. The Morgan fingerprint density at radius 1 is 1.17 bits per heavy atom. The predicted molar refractivity (Wildman–Crippen MR) is 137 cm³/mol. The molecule has 3 heterocycles. The molecule has 35 heavy (non-hydrogen) atoms. The molecule has 0 aliphatic rings. The Balaban J connectivity index is 1.72. The number of halogens is 1. The summed E-state index contributed by atoms with van der Waals surface area (Å²) in [5.41, 5.74) is 7.23. The second kappa shape index (κ2) is 10.7. The fourth-order valence-corrected chi connectivity index (χ4v) is 4.58. The zero-order valence-electron chi connectivity index (χ0n) is 20.6.